The zero-order valence-corrected chi connectivity index (χ0v) is 16.7. The number of benzene rings is 2. The van der Waals surface area contributed by atoms with Gasteiger partial charge in [-0.3, -0.25) is 9.98 Å². The number of amidine groups is 2. The molecule has 0 aliphatic carbocycles. The molecule has 0 radical (unpaired) electrons. The zero-order chi connectivity index (χ0) is 19.5. The van der Waals surface area contributed by atoms with Crippen LogP contribution in [0.4, 0.5) is 5.69 Å². The second-order valence-corrected chi connectivity index (χ2v) is 7.81. The van der Waals surface area contributed by atoms with E-state index >= 15 is 0 Å². The molecule has 1 fully saturated rings. The molecule has 0 spiro atoms. The standard InChI is InChI=1S/C24H27N5/c1-2-19(16-18-3-5-20(6-4-18)23-25-11-12-26-23)17-29(15-1)22-9-7-21(8-10-22)24-27-13-14-28-24/h3-10,16H,1-2,11-15,17H2,(H,25,26)(H,27,28)/b19-16+. The van der Waals surface area contributed by atoms with Crippen molar-refractivity contribution in [1.29, 1.82) is 0 Å². The van der Waals surface area contributed by atoms with Gasteiger partial charge in [-0.25, -0.2) is 0 Å². The van der Waals surface area contributed by atoms with E-state index in [2.05, 4.69) is 80.1 Å². The van der Waals surface area contributed by atoms with Crippen molar-refractivity contribution in [3.05, 3.63) is 70.8 Å². The van der Waals surface area contributed by atoms with Crippen molar-refractivity contribution in [3.63, 3.8) is 0 Å². The number of rotatable bonds is 4. The van der Waals surface area contributed by atoms with E-state index in [4.69, 9.17) is 0 Å². The fourth-order valence-corrected chi connectivity index (χ4v) is 4.22. The average Bonchev–Trinajstić information content (AvgIpc) is 3.49. The van der Waals surface area contributed by atoms with Crippen molar-refractivity contribution in [2.75, 3.05) is 44.2 Å². The van der Waals surface area contributed by atoms with Gasteiger partial charge >= 0.3 is 0 Å². The molecule has 0 atom stereocenters. The molecule has 3 aliphatic heterocycles. The lowest BCUT2D eigenvalue weighted by Gasteiger charge is -2.31. The van der Waals surface area contributed by atoms with Crippen LogP contribution in [0.25, 0.3) is 6.08 Å². The Hall–Kier alpha value is -3.08. The molecule has 5 rings (SSSR count). The Morgan fingerprint density at radius 2 is 1.41 bits per heavy atom. The van der Waals surface area contributed by atoms with Crippen molar-refractivity contribution in [3.8, 4) is 0 Å². The minimum absolute atomic E-state index is 0.878. The monoisotopic (exact) mass is 385 g/mol. The first-order chi connectivity index (χ1) is 14.3. The molecule has 1 saturated heterocycles. The molecule has 5 nitrogen and oxygen atoms in total. The van der Waals surface area contributed by atoms with Crippen LogP contribution in [0, 0.1) is 0 Å². The average molecular weight is 386 g/mol. The molecule has 148 valence electrons. The largest absolute Gasteiger partial charge is 0.368 e. The molecule has 2 aromatic carbocycles. The Bertz CT molecular complexity index is 954. The smallest absolute Gasteiger partial charge is 0.128 e. The molecule has 0 amide bonds. The van der Waals surface area contributed by atoms with Gasteiger partial charge in [-0.15, -0.1) is 0 Å². The van der Waals surface area contributed by atoms with Crippen LogP contribution in [-0.2, 0) is 0 Å². The molecule has 2 N–H and O–H groups in total. The maximum Gasteiger partial charge on any atom is 0.128 e. The Labute approximate surface area is 172 Å². The summed E-state index contributed by atoms with van der Waals surface area (Å²) in [7, 11) is 0. The van der Waals surface area contributed by atoms with E-state index in [1.54, 1.807) is 0 Å². The highest BCUT2D eigenvalue weighted by molar-refractivity contribution is 6.00. The van der Waals surface area contributed by atoms with Crippen LogP contribution >= 0.6 is 0 Å². The van der Waals surface area contributed by atoms with Gasteiger partial charge in [0.1, 0.15) is 11.7 Å². The number of hydrogen-bond donors (Lipinski definition) is 2. The van der Waals surface area contributed by atoms with Crippen molar-refractivity contribution in [2.45, 2.75) is 12.8 Å². The number of nitrogens with zero attached hydrogens (tertiary/aromatic N) is 3. The van der Waals surface area contributed by atoms with E-state index < -0.39 is 0 Å². The summed E-state index contributed by atoms with van der Waals surface area (Å²) >= 11 is 0. The van der Waals surface area contributed by atoms with Crippen LogP contribution in [0.15, 0.2) is 64.1 Å². The maximum absolute atomic E-state index is 4.51. The van der Waals surface area contributed by atoms with Gasteiger partial charge in [-0.1, -0.05) is 35.9 Å². The highest BCUT2D eigenvalue weighted by Gasteiger charge is 2.16. The van der Waals surface area contributed by atoms with Crippen LogP contribution in [-0.4, -0.2) is 50.9 Å². The first-order valence-corrected chi connectivity index (χ1v) is 10.6. The number of aliphatic imine (C=N–C) groups is 2. The second kappa shape index (κ2) is 8.11. The van der Waals surface area contributed by atoms with Crippen LogP contribution < -0.4 is 15.5 Å². The Morgan fingerprint density at radius 3 is 2.00 bits per heavy atom. The van der Waals surface area contributed by atoms with Gasteiger partial charge in [0.2, 0.25) is 0 Å². The molecular weight excluding hydrogens is 358 g/mol. The highest BCUT2D eigenvalue weighted by atomic mass is 15.1. The van der Waals surface area contributed by atoms with Crippen molar-refractivity contribution < 1.29 is 0 Å². The first kappa shape index (κ1) is 18.0. The van der Waals surface area contributed by atoms with E-state index in [1.165, 1.54) is 40.8 Å². The van der Waals surface area contributed by atoms with E-state index in [9.17, 15) is 0 Å². The lowest BCUT2D eigenvalue weighted by Crippen LogP contribution is -2.31. The third-order valence-electron chi connectivity index (χ3n) is 5.73. The summed E-state index contributed by atoms with van der Waals surface area (Å²) in [5, 5.41) is 6.68. The summed E-state index contributed by atoms with van der Waals surface area (Å²) in [5.41, 5.74) is 6.41. The fourth-order valence-electron chi connectivity index (χ4n) is 4.22. The molecule has 3 aliphatic rings. The third kappa shape index (κ3) is 4.04. The van der Waals surface area contributed by atoms with Crippen LogP contribution in [0.5, 0.6) is 0 Å². The summed E-state index contributed by atoms with van der Waals surface area (Å²) in [6, 6.07) is 17.6. The van der Waals surface area contributed by atoms with Gasteiger partial charge in [-0.2, -0.15) is 0 Å². The van der Waals surface area contributed by atoms with E-state index in [0.717, 1.165) is 50.9 Å². The minimum Gasteiger partial charge on any atom is -0.368 e. The summed E-state index contributed by atoms with van der Waals surface area (Å²) in [5.74, 6) is 2.05. The lowest BCUT2D eigenvalue weighted by atomic mass is 10.0. The van der Waals surface area contributed by atoms with Gasteiger partial charge < -0.3 is 15.5 Å². The molecule has 2 aromatic rings. The van der Waals surface area contributed by atoms with Gasteiger partial charge in [0.25, 0.3) is 0 Å². The van der Waals surface area contributed by atoms with E-state index in [-0.39, 0.29) is 0 Å². The number of hydrogen-bond acceptors (Lipinski definition) is 5. The van der Waals surface area contributed by atoms with E-state index in [0.29, 0.717) is 0 Å². The molecule has 3 heterocycles. The summed E-state index contributed by atoms with van der Waals surface area (Å²) in [6.07, 6.45) is 4.72. The molecule has 0 unspecified atom stereocenters. The number of piperidine rings is 1. The quantitative estimate of drug-likeness (QED) is 0.851. The van der Waals surface area contributed by atoms with Crippen molar-refractivity contribution >= 4 is 23.4 Å². The molecular formula is C24H27N5. The molecule has 0 aromatic heterocycles. The Morgan fingerprint density at radius 1 is 0.793 bits per heavy atom. The maximum atomic E-state index is 4.51. The second-order valence-electron chi connectivity index (χ2n) is 7.81. The summed E-state index contributed by atoms with van der Waals surface area (Å²) in [4.78, 5) is 11.5. The summed E-state index contributed by atoms with van der Waals surface area (Å²) < 4.78 is 0. The third-order valence-corrected chi connectivity index (χ3v) is 5.73. The Balaban J connectivity index is 1.27. The predicted molar refractivity (Wildman–Crippen MR) is 121 cm³/mol. The van der Waals surface area contributed by atoms with Gasteiger partial charge in [-0.05, 0) is 42.7 Å². The van der Waals surface area contributed by atoms with Crippen molar-refractivity contribution in [1.82, 2.24) is 10.6 Å². The van der Waals surface area contributed by atoms with Crippen LogP contribution in [0.1, 0.15) is 29.5 Å². The van der Waals surface area contributed by atoms with Crippen molar-refractivity contribution in [2.24, 2.45) is 9.98 Å². The number of anilines is 1. The Kier molecular flexibility index (Phi) is 5.03. The molecule has 0 saturated carbocycles. The lowest BCUT2D eigenvalue weighted by molar-refractivity contribution is 0.681. The highest BCUT2D eigenvalue weighted by Crippen LogP contribution is 2.25. The van der Waals surface area contributed by atoms with Crippen LogP contribution in [0.2, 0.25) is 0 Å². The molecule has 0 bridgehead atoms. The zero-order valence-electron chi connectivity index (χ0n) is 16.7. The van der Waals surface area contributed by atoms with Gasteiger partial charge in [0, 0.05) is 43.0 Å². The summed E-state index contributed by atoms with van der Waals surface area (Å²) in [6.45, 7) is 5.76. The molecule has 29 heavy (non-hydrogen) atoms. The first-order valence-electron chi connectivity index (χ1n) is 10.6. The van der Waals surface area contributed by atoms with Crippen LogP contribution in [0.3, 0.4) is 0 Å². The minimum atomic E-state index is 0.878. The van der Waals surface area contributed by atoms with E-state index in [1.807, 2.05) is 0 Å². The number of nitrogens with one attached hydrogen (secondary N) is 2. The topological polar surface area (TPSA) is 52.0 Å². The van der Waals surface area contributed by atoms with Gasteiger partial charge in [0.05, 0.1) is 13.1 Å². The SMILES string of the molecule is C(=C1/CCCN(c2ccc(C3=NCCN3)cc2)C1)/c1ccc(C2=NCCN2)cc1. The van der Waals surface area contributed by atoms with Gasteiger partial charge in [0.15, 0.2) is 0 Å². The predicted octanol–water partition coefficient (Wildman–Crippen LogP) is 3.07. The fraction of sp³-hybridized carbons (Fsp3) is 0.333. The normalized spacial score (nSPS) is 20.3. The molecule has 5 heteroatoms.